The minimum atomic E-state index is -0.449. The lowest BCUT2D eigenvalue weighted by Crippen LogP contribution is -2.20. The van der Waals surface area contributed by atoms with Crippen molar-refractivity contribution in [2.45, 2.75) is 32.7 Å². The van der Waals surface area contributed by atoms with E-state index in [1.54, 1.807) is 0 Å². The second-order valence-corrected chi connectivity index (χ2v) is 5.62. The van der Waals surface area contributed by atoms with Crippen molar-refractivity contribution in [2.75, 3.05) is 26.4 Å². The molecule has 0 amide bonds. The Kier molecular flexibility index (Phi) is 3.95. The van der Waals surface area contributed by atoms with Crippen LogP contribution in [0.25, 0.3) is 0 Å². The highest BCUT2D eigenvalue weighted by Gasteiger charge is 2.33. The van der Waals surface area contributed by atoms with E-state index in [0.717, 1.165) is 6.54 Å². The molecule has 0 saturated heterocycles. The van der Waals surface area contributed by atoms with Crippen LogP contribution in [0.5, 0.6) is 0 Å². The number of likely N-dealkylation sites (N-methyl/N-ethyl adjacent to an activating group) is 1. The van der Waals surface area contributed by atoms with E-state index < -0.39 is 10.3 Å². The minimum absolute atomic E-state index is 0.0683. The predicted octanol–water partition coefficient (Wildman–Crippen LogP) is 1.23. The van der Waals surface area contributed by atoms with E-state index in [-0.39, 0.29) is 11.5 Å². The van der Waals surface area contributed by atoms with Gasteiger partial charge in [-0.25, -0.2) is 4.68 Å². The van der Waals surface area contributed by atoms with E-state index in [9.17, 15) is 10.1 Å². The molecule has 0 radical (unpaired) electrons. The summed E-state index contributed by atoms with van der Waals surface area (Å²) in [5, 5.41) is 15.4. The molecule has 1 rings (SSSR count). The summed E-state index contributed by atoms with van der Waals surface area (Å²) in [6.45, 7) is 6.93. The molecule has 0 saturated carbocycles. The number of rotatable bonds is 4. The summed E-state index contributed by atoms with van der Waals surface area (Å²) >= 11 is 0. The SMILES string of the molecule is CN(C)CCn1nc(C(C)(C)C)c([N+](=O)[O-])c1N. The van der Waals surface area contributed by atoms with Gasteiger partial charge in [-0.2, -0.15) is 5.10 Å². The van der Waals surface area contributed by atoms with Gasteiger partial charge in [0.1, 0.15) is 5.69 Å². The van der Waals surface area contributed by atoms with Crippen LogP contribution in [0.3, 0.4) is 0 Å². The Morgan fingerprint density at radius 3 is 2.33 bits per heavy atom. The fraction of sp³-hybridized carbons (Fsp3) is 0.727. The molecule has 1 aromatic rings. The summed E-state index contributed by atoms with van der Waals surface area (Å²) in [7, 11) is 3.86. The second-order valence-electron chi connectivity index (χ2n) is 5.62. The second kappa shape index (κ2) is 4.93. The predicted molar refractivity (Wildman–Crippen MR) is 70.5 cm³/mol. The van der Waals surface area contributed by atoms with E-state index in [1.165, 1.54) is 4.68 Å². The highest BCUT2D eigenvalue weighted by Crippen LogP contribution is 2.34. The topological polar surface area (TPSA) is 90.2 Å². The highest BCUT2D eigenvalue weighted by molar-refractivity contribution is 5.58. The lowest BCUT2D eigenvalue weighted by atomic mass is 9.91. The normalized spacial score (nSPS) is 12.1. The molecule has 0 unspecified atom stereocenters. The van der Waals surface area contributed by atoms with Gasteiger partial charge in [-0.1, -0.05) is 20.8 Å². The Hall–Kier alpha value is -1.63. The lowest BCUT2D eigenvalue weighted by Gasteiger charge is -2.14. The van der Waals surface area contributed by atoms with Crippen molar-refractivity contribution in [1.29, 1.82) is 0 Å². The number of anilines is 1. The molecule has 0 aromatic carbocycles. The zero-order valence-electron chi connectivity index (χ0n) is 11.6. The molecule has 18 heavy (non-hydrogen) atoms. The van der Waals surface area contributed by atoms with Gasteiger partial charge in [0.15, 0.2) is 0 Å². The molecule has 0 bridgehead atoms. The van der Waals surface area contributed by atoms with Crippen LogP contribution in [0.2, 0.25) is 0 Å². The van der Waals surface area contributed by atoms with Crippen molar-refractivity contribution >= 4 is 11.5 Å². The number of nitrogens with zero attached hydrogens (tertiary/aromatic N) is 4. The maximum atomic E-state index is 11.1. The van der Waals surface area contributed by atoms with Crippen molar-refractivity contribution in [2.24, 2.45) is 0 Å². The molecule has 0 fully saturated rings. The van der Waals surface area contributed by atoms with Gasteiger partial charge in [0, 0.05) is 12.0 Å². The molecule has 1 aromatic heterocycles. The molecule has 7 heteroatoms. The first-order valence-electron chi connectivity index (χ1n) is 5.80. The number of nitrogen functional groups attached to an aromatic ring is 1. The number of aromatic nitrogens is 2. The van der Waals surface area contributed by atoms with Gasteiger partial charge < -0.3 is 10.6 Å². The zero-order valence-corrected chi connectivity index (χ0v) is 11.6. The van der Waals surface area contributed by atoms with Crippen LogP contribution >= 0.6 is 0 Å². The summed E-state index contributed by atoms with van der Waals surface area (Å²) in [4.78, 5) is 12.6. The van der Waals surface area contributed by atoms with Crippen LogP contribution in [-0.2, 0) is 12.0 Å². The molecular formula is C11H21N5O2. The molecule has 7 nitrogen and oxygen atoms in total. The molecule has 0 aliphatic carbocycles. The van der Waals surface area contributed by atoms with Gasteiger partial charge >= 0.3 is 5.69 Å². The number of hydrogen-bond donors (Lipinski definition) is 1. The molecule has 102 valence electrons. The van der Waals surface area contributed by atoms with Crippen LogP contribution < -0.4 is 5.73 Å². The Balaban J connectivity index is 3.20. The lowest BCUT2D eigenvalue weighted by molar-refractivity contribution is -0.385. The molecule has 0 atom stereocenters. The van der Waals surface area contributed by atoms with E-state index >= 15 is 0 Å². The summed E-state index contributed by atoms with van der Waals surface area (Å²) in [6.07, 6.45) is 0. The van der Waals surface area contributed by atoms with Crippen LogP contribution in [0.4, 0.5) is 11.5 Å². The summed E-state index contributed by atoms with van der Waals surface area (Å²) < 4.78 is 1.51. The molecule has 2 N–H and O–H groups in total. The van der Waals surface area contributed by atoms with Crippen molar-refractivity contribution < 1.29 is 4.92 Å². The summed E-state index contributed by atoms with van der Waals surface area (Å²) in [6, 6.07) is 0. The van der Waals surface area contributed by atoms with Crippen LogP contribution in [0.15, 0.2) is 0 Å². The molecule has 0 spiro atoms. The molecule has 1 heterocycles. The van der Waals surface area contributed by atoms with Crippen molar-refractivity contribution in [3.8, 4) is 0 Å². The first-order chi connectivity index (χ1) is 8.14. The maximum Gasteiger partial charge on any atom is 0.334 e. The first kappa shape index (κ1) is 14.4. The Morgan fingerprint density at radius 1 is 1.44 bits per heavy atom. The van der Waals surface area contributed by atoms with Crippen LogP contribution in [0, 0.1) is 10.1 Å². The van der Waals surface area contributed by atoms with E-state index in [2.05, 4.69) is 5.10 Å². The van der Waals surface area contributed by atoms with Crippen molar-refractivity contribution in [3.63, 3.8) is 0 Å². The fourth-order valence-corrected chi connectivity index (χ4v) is 1.62. The quantitative estimate of drug-likeness (QED) is 0.645. The van der Waals surface area contributed by atoms with Gasteiger partial charge in [0.2, 0.25) is 5.82 Å². The Morgan fingerprint density at radius 2 is 2.00 bits per heavy atom. The van der Waals surface area contributed by atoms with E-state index in [4.69, 9.17) is 5.73 Å². The Labute approximate surface area is 107 Å². The third-order valence-electron chi connectivity index (χ3n) is 2.62. The number of nitrogens with two attached hydrogens (primary N) is 1. The van der Waals surface area contributed by atoms with Gasteiger partial charge in [0.05, 0.1) is 11.5 Å². The van der Waals surface area contributed by atoms with Crippen LogP contribution in [0.1, 0.15) is 26.5 Å². The summed E-state index contributed by atoms with van der Waals surface area (Å²) in [5.41, 5.74) is 5.79. The average Bonchev–Trinajstić information content (AvgIpc) is 2.52. The van der Waals surface area contributed by atoms with Gasteiger partial charge in [-0.15, -0.1) is 0 Å². The standard InChI is InChI=1S/C11H21N5O2/c1-11(2,3)9-8(16(17)18)10(12)15(13-9)7-6-14(4)5/h6-7,12H2,1-5H3. The van der Waals surface area contributed by atoms with Gasteiger partial charge in [-0.05, 0) is 14.1 Å². The van der Waals surface area contributed by atoms with E-state index in [0.29, 0.717) is 12.2 Å². The minimum Gasteiger partial charge on any atom is -0.378 e. The average molecular weight is 255 g/mol. The van der Waals surface area contributed by atoms with Crippen LogP contribution in [-0.4, -0.2) is 40.2 Å². The van der Waals surface area contributed by atoms with E-state index in [1.807, 2.05) is 39.8 Å². The van der Waals surface area contributed by atoms with Crippen molar-refractivity contribution in [3.05, 3.63) is 15.8 Å². The fourth-order valence-electron chi connectivity index (χ4n) is 1.62. The molecule has 0 aliphatic rings. The highest BCUT2D eigenvalue weighted by atomic mass is 16.6. The maximum absolute atomic E-state index is 11.1. The largest absolute Gasteiger partial charge is 0.378 e. The third-order valence-corrected chi connectivity index (χ3v) is 2.62. The zero-order chi connectivity index (χ0) is 14.1. The van der Waals surface area contributed by atoms with Gasteiger partial charge in [-0.3, -0.25) is 10.1 Å². The summed E-state index contributed by atoms with van der Waals surface area (Å²) in [5.74, 6) is 0.131. The smallest absolute Gasteiger partial charge is 0.334 e. The molecular weight excluding hydrogens is 234 g/mol. The number of hydrogen-bond acceptors (Lipinski definition) is 5. The first-order valence-corrected chi connectivity index (χ1v) is 5.80. The molecule has 0 aliphatic heterocycles. The Bertz CT molecular complexity index is 445. The van der Waals surface area contributed by atoms with Crippen molar-refractivity contribution in [1.82, 2.24) is 14.7 Å². The van der Waals surface area contributed by atoms with Gasteiger partial charge in [0.25, 0.3) is 0 Å². The third kappa shape index (κ3) is 2.98. The monoisotopic (exact) mass is 255 g/mol. The number of nitro groups is 1.